The average Bonchev–Trinajstić information content (AvgIpc) is 2.60. The minimum absolute atomic E-state index is 0.143. The summed E-state index contributed by atoms with van der Waals surface area (Å²) in [5.41, 5.74) is 0.919. The summed E-state index contributed by atoms with van der Waals surface area (Å²) in [4.78, 5) is 12.1. The van der Waals surface area contributed by atoms with Gasteiger partial charge in [0.25, 0.3) is 5.91 Å². The molecule has 2 aromatic rings. The van der Waals surface area contributed by atoms with E-state index in [1.165, 1.54) is 0 Å². The van der Waals surface area contributed by atoms with Crippen molar-refractivity contribution in [1.82, 2.24) is 5.32 Å². The molecule has 0 unspecified atom stereocenters. The lowest BCUT2D eigenvalue weighted by Gasteiger charge is -2.21. The first-order valence-electron chi connectivity index (χ1n) is 7.79. The maximum atomic E-state index is 12.1. The van der Waals surface area contributed by atoms with Crippen LogP contribution in [0.15, 0.2) is 36.4 Å². The fourth-order valence-electron chi connectivity index (χ4n) is 2.43. The summed E-state index contributed by atoms with van der Waals surface area (Å²) < 4.78 is 16.5. The zero-order valence-corrected chi connectivity index (χ0v) is 15.1. The Balaban J connectivity index is 1.57. The lowest BCUT2D eigenvalue weighted by atomic mass is 10.1. The van der Waals surface area contributed by atoms with Crippen LogP contribution in [0.4, 0.5) is 0 Å². The summed E-state index contributed by atoms with van der Waals surface area (Å²) in [6.45, 7) is 2.81. The van der Waals surface area contributed by atoms with Gasteiger partial charge in [0.15, 0.2) is 18.1 Å². The summed E-state index contributed by atoms with van der Waals surface area (Å²) in [5.74, 6) is 1.56. The van der Waals surface area contributed by atoms with E-state index in [1.807, 2.05) is 25.1 Å². The van der Waals surface area contributed by atoms with Crippen LogP contribution in [0.3, 0.4) is 0 Å². The topological polar surface area (TPSA) is 56.8 Å². The number of carbonyl (C=O) groups excluding carboxylic acids is 1. The number of nitrogens with one attached hydrogen (secondary N) is 1. The van der Waals surface area contributed by atoms with Gasteiger partial charge in [-0.15, -0.1) is 0 Å². The van der Waals surface area contributed by atoms with Gasteiger partial charge >= 0.3 is 0 Å². The first kappa shape index (κ1) is 17.7. The van der Waals surface area contributed by atoms with Gasteiger partial charge < -0.3 is 19.5 Å². The third kappa shape index (κ3) is 4.50. The summed E-state index contributed by atoms with van der Waals surface area (Å²) in [7, 11) is 0. The molecule has 1 amide bonds. The van der Waals surface area contributed by atoms with Crippen LogP contribution in [-0.4, -0.2) is 25.7 Å². The zero-order chi connectivity index (χ0) is 17.8. The molecule has 1 aliphatic heterocycles. The smallest absolute Gasteiger partial charge is 0.258 e. The molecule has 0 radical (unpaired) electrons. The summed E-state index contributed by atoms with van der Waals surface area (Å²) in [5, 5.41) is 3.74. The van der Waals surface area contributed by atoms with Gasteiger partial charge in [0.1, 0.15) is 19.0 Å². The number of ether oxygens (including phenoxy) is 3. The van der Waals surface area contributed by atoms with Crippen molar-refractivity contribution in [1.29, 1.82) is 0 Å². The monoisotopic (exact) mass is 381 g/mol. The Hall–Kier alpha value is -2.11. The largest absolute Gasteiger partial charge is 0.486 e. The first-order valence-corrected chi connectivity index (χ1v) is 8.55. The van der Waals surface area contributed by atoms with Crippen molar-refractivity contribution in [2.45, 2.75) is 13.0 Å². The zero-order valence-electron chi connectivity index (χ0n) is 13.6. The van der Waals surface area contributed by atoms with E-state index in [4.69, 9.17) is 37.4 Å². The number of amides is 1. The van der Waals surface area contributed by atoms with Crippen molar-refractivity contribution in [3.63, 3.8) is 0 Å². The molecule has 0 aliphatic carbocycles. The predicted molar refractivity (Wildman–Crippen MR) is 95.9 cm³/mol. The molecule has 0 saturated heterocycles. The minimum atomic E-state index is -0.256. The standard InChI is InChI=1S/C18H17Cl2NO4/c1-11(12-2-4-16-17(8-12)24-7-6-23-16)21-18(22)10-25-15-5-3-13(19)9-14(15)20/h2-5,8-9,11H,6-7,10H2,1H3,(H,21,22)/t11-/m0/s1. The van der Waals surface area contributed by atoms with Crippen molar-refractivity contribution < 1.29 is 19.0 Å². The van der Waals surface area contributed by atoms with E-state index in [0.29, 0.717) is 40.5 Å². The fraction of sp³-hybridized carbons (Fsp3) is 0.278. The lowest BCUT2D eigenvalue weighted by molar-refractivity contribution is -0.123. The highest BCUT2D eigenvalue weighted by Gasteiger charge is 2.16. The van der Waals surface area contributed by atoms with Crippen LogP contribution in [0, 0.1) is 0 Å². The number of halogens is 2. The molecule has 5 nitrogen and oxygen atoms in total. The molecule has 0 spiro atoms. The van der Waals surface area contributed by atoms with Gasteiger partial charge in [-0.25, -0.2) is 0 Å². The van der Waals surface area contributed by atoms with Gasteiger partial charge in [0, 0.05) is 5.02 Å². The average molecular weight is 382 g/mol. The first-order chi connectivity index (χ1) is 12.0. The van der Waals surface area contributed by atoms with Crippen LogP contribution in [0.2, 0.25) is 10.0 Å². The molecular weight excluding hydrogens is 365 g/mol. The Bertz CT molecular complexity index is 782. The van der Waals surface area contributed by atoms with Crippen LogP contribution in [0.25, 0.3) is 0 Å². The predicted octanol–water partition coefficient (Wildman–Crippen LogP) is 4.02. The number of carbonyl (C=O) groups is 1. The summed E-state index contributed by atoms with van der Waals surface area (Å²) in [6.07, 6.45) is 0. The number of hydrogen-bond acceptors (Lipinski definition) is 4. The quantitative estimate of drug-likeness (QED) is 0.849. The van der Waals surface area contributed by atoms with Gasteiger partial charge in [-0.3, -0.25) is 4.79 Å². The van der Waals surface area contributed by atoms with E-state index >= 15 is 0 Å². The molecule has 0 fully saturated rings. The van der Waals surface area contributed by atoms with Crippen molar-refractivity contribution >= 4 is 29.1 Å². The molecule has 3 rings (SSSR count). The van der Waals surface area contributed by atoms with Crippen LogP contribution < -0.4 is 19.5 Å². The molecule has 1 aliphatic rings. The second-order valence-electron chi connectivity index (χ2n) is 5.56. The molecule has 0 saturated carbocycles. The summed E-state index contributed by atoms with van der Waals surface area (Å²) >= 11 is 11.8. The Morgan fingerprint density at radius 2 is 1.92 bits per heavy atom. The van der Waals surface area contributed by atoms with E-state index in [9.17, 15) is 4.79 Å². The Morgan fingerprint density at radius 3 is 2.68 bits per heavy atom. The third-order valence-electron chi connectivity index (χ3n) is 3.70. The van der Waals surface area contributed by atoms with Crippen LogP contribution in [-0.2, 0) is 4.79 Å². The minimum Gasteiger partial charge on any atom is -0.486 e. The van der Waals surface area contributed by atoms with Crippen molar-refractivity contribution in [3.8, 4) is 17.2 Å². The van der Waals surface area contributed by atoms with Crippen LogP contribution in [0.1, 0.15) is 18.5 Å². The van der Waals surface area contributed by atoms with E-state index < -0.39 is 0 Å². The van der Waals surface area contributed by atoms with E-state index in [1.54, 1.807) is 18.2 Å². The van der Waals surface area contributed by atoms with Crippen molar-refractivity contribution in [3.05, 3.63) is 52.0 Å². The fourth-order valence-corrected chi connectivity index (χ4v) is 2.89. The van der Waals surface area contributed by atoms with Crippen LogP contribution >= 0.6 is 23.2 Å². The molecule has 0 bridgehead atoms. The van der Waals surface area contributed by atoms with Gasteiger partial charge in [-0.1, -0.05) is 29.3 Å². The highest BCUT2D eigenvalue weighted by molar-refractivity contribution is 6.35. The number of benzene rings is 2. The number of rotatable bonds is 5. The third-order valence-corrected chi connectivity index (χ3v) is 4.23. The molecule has 132 valence electrons. The lowest BCUT2D eigenvalue weighted by Crippen LogP contribution is -2.31. The molecule has 1 N–H and O–H groups in total. The van der Waals surface area contributed by atoms with Gasteiger partial charge in [0.05, 0.1) is 11.1 Å². The molecule has 25 heavy (non-hydrogen) atoms. The highest BCUT2D eigenvalue weighted by atomic mass is 35.5. The van der Waals surface area contributed by atoms with Gasteiger partial charge in [-0.2, -0.15) is 0 Å². The van der Waals surface area contributed by atoms with Crippen LogP contribution in [0.5, 0.6) is 17.2 Å². The SMILES string of the molecule is C[C@H](NC(=O)COc1ccc(Cl)cc1Cl)c1ccc2c(c1)OCCO2. The molecule has 1 atom stereocenters. The molecule has 1 heterocycles. The maximum Gasteiger partial charge on any atom is 0.258 e. The summed E-state index contributed by atoms with van der Waals surface area (Å²) in [6, 6.07) is 10.3. The van der Waals surface area contributed by atoms with E-state index in [0.717, 1.165) is 5.56 Å². The van der Waals surface area contributed by atoms with Crippen molar-refractivity contribution in [2.24, 2.45) is 0 Å². The Kier molecular flexibility index (Phi) is 5.56. The van der Waals surface area contributed by atoms with Gasteiger partial charge in [-0.05, 0) is 42.8 Å². The normalized spacial score (nSPS) is 13.9. The van der Waals surface area contributed by atoms with Gasteiger partial charge in [0.2, 0.25) is 0 Å². The molecule has 2 aromatic carbocycles. The molecule has 7 heteroatoms. The maximum absolute atomic E-state index is 12.1. The second-order valence-corrected chi connectivity index (χ2v) is 6.40. The highest BCUT2D eigenvalue weighted by Crippen LogP contribution is 2.32. The Morgan fingerprint density at radius 1 is 1.16 bits per heavy atom. The Labute approximate surface area is 155 Å². The second kappa shape index (κ2) is 7.85. The number of fused-ring (bicyclic) bond motifs is 1. The van der Waals surface area contributed by atoms with E-state index in [2.05, 4.69) is 5.32 Å². The van der Waals surface area contributed by atoms with Crippen molar-refractivity contribution in [2.75, 3.05) is 19.8 Å². The molecular formula is C18H17Cl2NO4. The molecule has 0 aromatic heterocycles. The van der Waals surface area contributed by atoms with E-state index in [-0.39, 0.29) is 18.6 Å². The number of hydrogen-bond donors (Lipinski definition) is 1.